The number of nitrogens with one attached hydrogen (secondary N) is 1. The van der Waals surface area contributed by atoms with E-state index in [1.807, 2.05) is 24.3 Å². The molecule has 2 aromatic heterocycles. The van der Waals surface area contributed by atoms with Gasteiger partial charge >= 0.3 is 0 Å². The summed E-state index contributed by atoms with van der Waals surface area (Å²) >= 11 is 0. The van der Waals surface area contributed by atoms with E-state index in [1.54, 1.807) is 42.7 Å². The van der Waals surface area contributed by atoms with Crippen molar-refractivity contribution in [2.75, 3.05) is 43.5 Å². The molecular formula is C20H21N7O2. The van der Waals surface area contributed by atoms with E-state index in [2.05, 4.69) is 30.2 Å². The Bertz CT molecular complexity index is 975. The molecule has 1 amide bonds. The Hall–Kier alpha value is -3.75. The lowest BCUT2D eigenvalue weighted by molar-refractivity contribution is 0.0740. The van der Waals surface area contributed by atoms with Crippen molar-refractivity contribution < 1.29 is 9.53 Å². The molecule has 29 heavy (non-hydrogen) atoms. The number of aromatic nitrogens is 4. The Kier molecular flexibility index (Phi) is 5.46. The van der Waals surface area contributed by atoms with Gasteiger partial charge in [0.15, 0.2) is 0 Å². The number of carbonyl (C=O) groups excluding carboxylic acids is 1. The highest BCUT2D eigenvalue weighted by atomic mass is 16.5. The first kappa shape index (κ1) is 18.6. The molecule has 3 aromatic rings. The average Bonchev–Trinajstić information content (AvgIpc) is 2.80. The summed E-state index contributed by atoms with van der Waals surface area (Å²) in [6, 6.07) is 10.9. The molecule has 0 bridgehead atoms. The number of methoxy groups -OCH3 is 1. The number of amides is 1. The van der Waals surface area contributed by atoms with E-state index in [1.165, 1.54) is 0 Å². The second-order valence-corrected chi connectivity index (χ2v) is 6.42. The molecule has 9 nitrogen and oxygen atoms in total. The van der Waals surface area contributed by atoms with Crippen LogP contribution < -0.4 is 15.0 Å². The molecule has 0 aliphatic carbocycles. The SMILES string of the molecule is COc1ccccc1Nc1nccc(C(=O)N2CCN(c3ncccn3)CC2)n1. The molecule has 1 aromatic carbocycles. The van der Waals surface area contributed by atoms with Gasteiger partial charge in [0.05, 0.1) is 12.8 Å². The molecule has 4 rings (SSSR count). The molecule has 0 atom stereocenters. The van der Waals surface area contributed by atoms with Crippen LogP contribution in [0.4, 0.5) is 17.6 Å². The number of piperazine rings is 1. The van der Waals surface area contributed by atoms with Gasteiger partial charge in [-0.25, -0.2) is 19.9 Å². The number of hydrogen-bond donors (Lipinski definition) is 1. The molecule has 148 valence electrons. The van der Waals surface area contributed by atoms with Crippen molar-refractivity contribution in [2.45, 2.75) is 0 Å². The third-order valence-corrected chi connectivity index (χ3v) is 4.63. The van der Waals surface area contributed by atoms with Gasteiger partial charge < -0.3 is 19.9 Å². The zero-order valence-electron chi connectivity index (χ0n) is 16.0. The average molecular weight is 391 g/mol. The number of anilines is 3. The predicted octanol–water partition coefficient (Wildman–Crippen LogP) is 1.98. The van der Waals surface area contributed by atoms with Crippen LogP contribution >= 0.6 is 0 Å². The lowest BCUT2D eigenvalue weighted by Crippen LogP contribution is -2.49. The van der Waals surface area contributed by atoms with Crippen molar-refractivity contribution in [1.29, 1.82) is 0 Å². The normalized spacial score (nSPS) is 13.8. The Balaban J connectivity index is 1.43. The summed E-state index contributed by atoms with van der Waals surface area (Å²) in [5, 5.41) is 3.11. The highest BCUT2D eigenvalue weighted by Crippen LogP contribution is 2.25. The van der Waals surface area contributed by atoms with E-state index >= 15 is 0 Å². The Labute approximate surface area is 168 Å². The van der Waals surface area contributed by atoms with Gasteiger partial charge in [0.1, 0.15) is 11.4 Å². The lowest BCUT2D eigenvalue weighted by atomic mass is 10.2. The maximum absolute atomic E-state index is 12.9. The van der Waals surface area contributed by atoms with Crippen molar-refractivity contribution in [3.63, 3.8) is 0 Å². The zero-order chi connectivity index (χ0) is 20.1. The van der Waals surface area contributed by atoms with Gasteiger partial charge in [-0.2, -0.15) is 0 Å². The topological polar surface area (TPSA) is 96.4 Å². The summed E-state index contributed by atoms with van der Waals surface area (Å²) in [5.41, 5.74) is 1.08. The van der Waals surface area contributed by atoms with Crippen LogP contribution in [0.1, 0.15) is 10.5 Å². The van der Waals surface area contributed by atoms with Crippen molar-refractivity contribution >= 4 is 23.5 Å². The molecule has 0 radical (unpaired) electrons. The number of nitrogens with zero attached hydrogens (tertiary/aromatic N) is 6. The molecule has 9 heteroatoms. The molecule has 1 saturated heterocycles. The van der Waals surface area contributed by atoms with Crippen LogP contribution in [-0.4, -0.2) is 64.0 Å². The first-order valence-corrected chi connectivity index (χ1v) is 9.29. The number of carbonyl (C=O) groups is 1. The highest BCUT2D eigenvalue weighted by molar-refractivity contribution is 5.92. The Morgan fingerprint density at radius 1 is 0.966 bits per heavy atom. The molecule has 0 spiro atoms. The van der Waals surface area contributed by atoms with Gasteiger partial charge in [0, 0.05) is 44.8 Å². The fourth-order valence-electron chi connectivity index (χ4n) is 3.13. The van der Waals surface area contributed by atoms with E-state index in [9.17, 15) is 4.79 Å². The Morgan fingerprint density at radius 2 is 1.72 bits per heavy atom. The van der Waals surface area contributed by atoms with E-state index in [-0.39, 0.29) is 5.91 Å². The Morgan fingerprint density at radius 3 is 2.48 bits per heavy atom. The molecule has 1 aliphatic heterocycles. The molecule has 3 heterocycles. The smallest absolute Gasteiger partial charge is 0.272 e. The van der Waals surface area contributed by atoms with Crippen molar-refractivity contribution in [1.82, 2.24) is 24.8 Å². The van der Waals surface area contributed by atoms with Gasteiger partial charge in [-0.05, 0) is 24.3 Å². The van der Waals surface area contributed by atoms with Crippen molar-refractivity contribution in [3.8, 4) is 5.75 Å². The van der Waals surface area contributed by atoms with Crippen LogP contribution in [0.5, 0.6) is 5.75 Å². The standard InChI is InChI=1S/C20H21N7O2/c1-29-17-6-3-2-5-15(17)24-19-21-10-7-16(25-19)18(28)26-11-13-27(14-12-26)20-22-8-4-9-23-20/h2-10H,11-14H2,1H3,(H,21,24,25). The van der Waals surface area contributed by atoms with Gasteiger partial charge in [-0.3, -0.25) is 4.79 Å². The summed E-state index contributed by atoms with van der Waals surface area (Å²) < 4.78 is 5.33. The number of hydrogen-bond acceptors (Lipinski definition) is 8. The predicted molar refractivity (Wildman–Crippen MR) is 108 cm³/mol. The maximum Gasteiger partial charge on any atom is 0.272 e. The third kappa shape index (κ3) is 4.23. The minimum atomic E-state index is -0.121. The second kappa shape index (κ2) is 8.51. The minimum Gasteiger partial charge on any atom is -0.495 e. The van der Waals surface area contributed by atoms with Gasteiger partial charge in [-0.1, -0.05) is 12.1 Å². The number of rotatable bonds is 5. The quantitative estimate of drug-likeness (QED) is 0.705. The number of benzene rings is 1. The van der Waals surface area contributed by atoms with Crippen LogP contribution in [-0.2, 0) is 0 Å². The van der Waals surface area contributed by atoms with Crippen LogP contribution in [0.15, 0.2) is 55.0 Å². The van der Waals surface area contributed by atoms with E-state index in [4.69, 9.17) is 4.74 Å². The molecule has 1 N–H and O–H groups in total. The minimum absolute atomic E-state index is 0.121. The van der Waals surface area contributed by atoms with Crippen molar-refractivity contribution in [3.05, 3.63) is 60.7 Å². The van der Waals surface area contributed by atoms with Crippen molar-refractivity contribution in [2.24, 2.45) is 0 Å². The van der Waals surface area contributed by atoms with Crippen LogP contribution in [0, 0.1) is 0 Å². The molecule has 1 fully saturated rings. The van der Waals surface area contributed by atoms with E-state index in [0.29, 0.717) is 49.5 Å². The van der Waals surface area contributed by atoms with Gasteiger partial charge in [0.25, 0.3) is 5.91 Å². The summed E-state index contributed by atoms with van der Waals surface area (Å²) in [4.78, 5) is 33.9. The summed E-state index contributed by atoms with van der Waals surface area (Å²) in [7, 11) is 1.60. The van der Waals surface area contributed by atoms with Crippen LogP contribution in [0.2, 0.25) is 0 Å². The molecule has 0 saturated carbocycles. The van der Waals surface area contributed by atoms with Crippen LogP contribution in [0.25, 0.3) is 0 Å². The van der Waals surface area contributed by atoms with Gasteiger partial charge in [-0.15, -0.1) is 0 Å². The molecule has 0 unspecified atom stereocenters. The fraction of sp³-hybridized carbons (Fsp3) is 0.250. The second-order valence-electron chi connectivity index (χ2n) is 6.42. The van der Waals surface area contributed by atoms with E-state index in [0.717, 1.165) is 5.69 Å². The monoisotopic (exact) mass is 391 g/mol. The first-order chi connectivity index (χ1) is 14.2. The first-order valence-electron chi connectivity index (χ1n) is 9.29. The number of para-hydroxylation sites is 2. The third-order valence-electron chi connectivity index (χ3n) is 4.63. The summed E-state index contributed by atoms with van der Waals surface area (Å²) in [5.74, 6) is 1.58. The number of ether oxygens (including phenoxy) is 1. The molecule has 1 aliphatic rings. The molecular weight excluding hydrogens is 370 g/mol. The van der Waals surface area contributed by atoms with E-state index < -0.39 is 0 Å². The lowest BCUT2D eigenvalue weighted by Gasteiger charge is -2.34. The fourth-order valence-corrected chi connectivity index (χ4v) is 3.13. The zero-order valence-corrected chi connectivity index (χ0v) is 16.0. The van der Waals surface area contributed by atoms with Gasteiger partial charge in [0.2, 0.25) is 11.9 Å². The maximum atomic E-state index is 12.9. The largest absolute Gasteiger partial charge is 0.495 e. The summed E-state index contributed by atoms with van der Waals surface area (Å²) in [6.07, 6.45) is 5.01. The van der Waals surface area contributed by atoms with Crippen LogP contribution in [0.3, 0.4) is 0 Å². The summed E-state index contributed by atoms with van der Waals surface area (Å²) in [6.45, 7) is 2.51. The highest BCUT2D eigenvalue weighted by Gasteiger charge is 2.24.